The SMILES string of the molecule is CC(N)C(=O)NC(CO)C(=O)NC(C)C(=O)NC(CC(N)=O)C(=O)O. The van der Waals surface area contributed by atoms with Gasteiger partial charge in [0.25, 0.3) is 0 Å². The number of carbonyl (C=O) groups is 5. The van der Waals surface area contributed by atoms with E-state index in [-0.39, 0.29) is 0 Å². The Kier molecular flexibility index (Phi) is 9.09. The fraction of sp³-hybridized carbons (Fsp3) is 0.615. The summed E-state index contributed by atoms with van der Waals surface area (Å²) in [6.07, 6.45) is -0.620. The highest BCUT2D eigenvalue weighted by atomic mass is 16.4. The molecule has 0 saturated heterocycles. The number of hydrogen-bond donors (Lipinski definition) is 7. The lowest BCUT2D eigenvalue weighted by molar-refractivity contribution is -0.143. The van der Waals surface area contributed by atoms with Crippen LogP contribution in [0.15, 0.2) is 0 Å². The smallest absolute Gasteiger partial charge is 0.326 e. The molecule has 0 fully saturated rings. The molecule has 0 rings (SSSR count). The van der Waals surface area contributed by atoms with Crippen LogP contribution in [-0.2, 0) is 24.0 Å². The summed E-state index contributed by atoms with van der Waals surface area (Å²) in [4.78, 5) is 57.0. The van der Waals surface area contributed by atoms with E-state index in [4.69, 9.17) is 21.7 Å². The van der Waals surface area contributed by atoms with E-state index in [0.29, 0.717) is 0 Å². The number of aliphatic hydroxyl groups is 1. The van der Waals surface area contributed by atoms with Gasteiger partial charge in [0, 0.05) is 0 Å². The number of aliphatic carboxylic acids is 1. The maximum absolute atomic E-state index is 11.9. The zero-order chi connectivity index (χ0) is 19.7. The van der Waals surface area contributed by atoms with E-state index in [9.17, 15) is 24.0 Å². The monoisotopic (exact) mass is 361 g/mol. The predicted molar refractivity (Wildman–Crippen MR) is 83.6 cm³/mol. The lowest BCUT2D eigenvalue weighted by atomic mass is 10.1. The number of primary amides is 1. The largest absolute Gasteiger partial charge is 0.480 e. The number of nitrogens with one attached hydrogen (secondary N) is 3. The van der Waals surface area contributed by atoms with E-state index in [2.05, 4.69) is 10.6 Å². The van der Waals surface area contributed by atoms with Gasteiger partial charge >= 0.3 is 5.97 Å². The van der Waals surface area contributed by atoms with Crippen molar-refractivity contribution >= 4 is 29.6 Å². The van der Waals surface area contributed by atoms with Gasteiger partial charge < -0.3 is 37.6 Å². The van der Waals surface area contributed by atoms with E-state index in [1.54, 1.807) is 0 Å². The summed E-state index contributed by atoms with van der Waals surface area (Å²) < 4.78 is 0. The van der Waals surface area contributed by atoms with Gasteiger partial charge in [-0.25, -0.2) is 4.79 Å². The number of hydrogen-bond acceptors (Lipinski definition) is 7. The van der Waals surface area contributed by atoms with Crippen LogP contribution >= 0.6 is 0 Å². The Labute approximate surface area is 143 Å². The van der Waals surface area contributed by atoms with Crippen molar-refractivity contribution in [1.29, 1.82) is 0 Å². The minimum absolute atomic E-state index is 0.620. The fourth-order valence-corrected chi connectivity index (χ4v) is 1.57. The Morgan fingerprint density at radius 1 is 0.920 bits per heavy atom. The molecule has 12 nitrogen and oxygen atoms in total. The first-order valence-electron chi connectivity index (χ1n) is 7.28. The van der Waals surface area contributed by atoms with Gasteiger partial charge in [0.2, 0.25) is 23.6 Å². The molecule has 0 aromatic heterocycles. The molecule has 9 N–H and O–H groups in total. The summed E-state index contributed by atoms with van der Waals surface area (Å²) in [6.45, 7) is 1.89. The van der Waals surface area contributed by atoms with Crippen molar-refractivity contribution in [1.82, 2.24) is 16.0 Å². The van der Waals surface area contributed by atoms with Crippen molar-refractivity contribution in [3.8, 4) is 0 Å². The fourth-order valence-electron chi connectivity index (χ4n) is 1.57. The normalized spacial score (nSPS) is 15.2. The molecule has 0 spiro atoms. The van der Waals surface area contributed by atoms with Crippen LogP contribution < -0.4 is 27.4 Å². The summed E-state index contributed by atoms with van der Waals surface area (Å²) >= 11 is 0. The Hall–Kier alpha value is -2.73. The van der Waals surface area contributed by atoms with Crippen LogP contribution in [0.2, 0.25) is 0 Å². The van der Waals surface area contributed by atoms with E-state index in [1.165, 1.54) is 13.8 Å². The molecular weight excluding hydrogens is 338 g/mol. The van der Waals surface area contributed by atoms with E-state index in [1.807, 2.05) is 5.32 Å². The number of carboxylic acid groups (broad SMARTS) is 1. The molecule has 4 unspecified atom stereocenters. The predicted octanol–water partition coefficient (Wildman–Crippen LogP) is -4.24. The van der Waals surface area contributed by atoms with E-state index < -0.39 is 66.8 Å². The van der Waals surface area contributed by atoms with Crippen molar-refractivity contribution in [3.63, 3.8) is 0 Å². The third-order valence-electron chi connectivity index (χ3n) is 3.00. The lowest BCUT2D eigenvalue weighted by Gasteiger charge is -2.21. The quantitative estimate of drug-likeness (QED) is 0.202. The zero-order valence-corrected chi connectivity index (χ0v) is 13.8. The molecule has 0 heterocycles. The molecule has 0 aliphatic rings. The second kappa shape index (κ2) is 10.2. The number of rotatable bonds is 10. The maximum Gasteiger partial charge on any atom is 0.326 e. The van der Waals surface area contributed by atoms with Crippen molar-refractivity contribution in [2.45, 2.75) is 44.4 Å². The second-order valence-corrected chi connectivity index (χ2v) is 5.33. The van der Waals surface area contributed by atoms with E-state index >= 15 is 0 Å². The molecule has 0 aliphatic heterocycles. The number of amides is 4. The molecule has 0 aliphatic carbocycles. The van der Waals surface area contributed by atoms with Gasteiger partial charge in [0.05, 0.1) is 19.1 Å². The molecule has 0 radical (unpaired) electrons. The van der Waals surface area contributed by atoms with Crippen molar-refractivity contribution in [2.75, 3.05) is 6.61 Å². The van der Waals surface area contributed by atoms with Crippen molar-refractivity contribution < 1.29 is 34.2 Å². The van der Waals surface area contributed by atoms with Crippen molar-refractivity contribution in [3.05, 3.63) is 0 Å². The van der Waals surface area contributed by atoms with Crippen LogP contribution in [-0.4, -0.2) is 70.6 Å². The molecule has 0 aromatic rings. The van der Waals surface area contributed by atoms with Crippen LogP contribution in [0, 0.1) is 0 Å². The first-order valence-corrected chi connectivity index (χ1v) is 7.28. The molecule has 12 heteroatoms. The maximum atomic E-state index is 11.9. The van der Waals surface area contributed by atoms with E-state index in [0.717, 1.165) is 0 Å². The molecule has 25 heavy (non-hydrogen) atoms. The minimum atomic E-state index is -1.55. The highest BCUT2D eigenvalue weighted by molar-refractivity contribution is 5.94. The first-order chi connectivity index (χ1) is 11.5. The highest BCUT2D eigenvalue weighted by Gasteiger charge is 2.28. The Bertz CT molecular complexity index is 537. The standard InChI is InChI=1S/C13H23N5O7/c1-5(14)10(21)18-8(4-19)12(23)16-6(2)11(22)17-7(13(24)25)3-9(15)20/h5-8,19H,3-4,14H2,1-2H3,(H2,15,20)(H,16,23)(H,17,22)(H,18,21)(H,24,25). The summed E-state index contributed by atoms with van der Waals surface area (Å²) in [7, 11) is 0. The van der Waals surface area contributed by atoms with Gasteiger partial charge in [0.15, 0.2) is 0 Å². The Morgan fingerprint density at radius 2 is 1.44 bits per heavy atom. The Balaban J connectivity index is 4.77. The first kappa shape index (κ1) is 22.3. The molecule has 4 amide bonds. The average molecular weight is 361 g/mol. The summed E-state index contributed by atoms with van der Waals surface area (Å²) in [5.41, 5.74) is 10.2. The highest BCUT2D eigenvalue weighted by Crippen LogP contribution is 1.95. The summed E-state index contributed by atoms with van der Waals surface area (Å²) in [5.74, 6) is -4.84. The number of nitrogens with two attached hydrogens (primary N) is 2. The van der Waals surface area contributed by atoms with Crippen LogP contribution in [0.1, 0.15) is 20.3 Å². The zero-order valence-electron chi connectivity index (χ0n) is 13.8. The molecule has 0 bridgehead atoms. The Morgan fingerprint density at radius 3 is 1.84 bits per heavy atom. The topological polar surface area (TPSA) is 214 Å². The summed E-state index contributed by atoms with van der Waals surface area (Å²) in [5, 5.41) is 24.5. The number of carbonyl (C=O) groups excluding carboxylic acids is 4. The third kappa shape index (κ3) is 8.08. The molecular formula is C13H23N5O7. The van der Waals surface area contributed by atoms with Gasteiger partial charge in [-0.2, -0.15) is 0 Å². The number of aliphatic hydroxyl groups excluding tert-OH is 1. The van der Waals surface area contributed by atoms with Gasteiger partial charge in [-0.05, 0) is 13.8 Å². The minimum Gasteiger partial charge on any atom is -0.480 e. The van der Waals surface area contributed by atoms with Crippen LogP contribution in [0.3, 0.4) is 0 Å². The molecule has 0 saturated carbocycles. The number of carboxylic acids is 1. The van der Waals surface area contributed by atoms with Crippen LogP contribution in [0.5, 0.6) is 0 Å². The lowest BCUT2D eigenvalue weighted by Crippen LogP contribution is -2.57. The van der Waals surface area contributed by atoms with Crippen LogP contribution in [0.25, 0.3) is 0 Å². The summed E-state index contributed by atoms with van der Waals surface area (Å²) in [6, 6.07) is -5.00. The molecule has 142 valence electrons. The van der Waals surface area contributed by atoms with Gasteiger partial charge in [-0.3, -0.25) is 19.2 Å². The average Bonchev–Trinajstić information content (AvgIpc) is 2.50. The van der Waals surface area contributed by atoms with Gasteiger partial charge in [-0.15, -0.1) is 0 Å². The van der Waals surface area contributed by atoms with Gasteiger partial charge in [-0.1, -0.05) is 0 Å². The third-order valence-corrected chi connectivity index (χ3v) is 3.00. The van der Waals surface area contributed by atoms with Gasteiger partial charge in [0.1, 0.15) is 18.1 Å². The molecule has 4 atom stereocenters. The second-order valence-electron chi connectivity index (χ2n) is 5.33. The van der Waals surface area contributed by atoms with Crippen molar-refractivity contribution in [2.24, 2.45) is 11.5 Å². The van der Waals surface area contributed by atoms with Crippen LogP contribution in [0.4, 0.5) is 0 Å². The molecule has 0 aromatic carbocycles.